The summed E-state index contributed by atoms with van der Waals surface area (Å²) in [7, 11) is 0. The molecule has 0 heterocycles. The van der Waals surface area contributed by atoms with Crippen LogP contribution in [0.3, 0.4) is 0 Å². The minimum atomic E-state index is -4.34. The van der Waals surface area contributed by atoms with Gasteiger partial charge >= 0.3 is 6.18 Å². The Labute approximate surface area is 101 Å². The normalized spacial score (nSPS) is 13.6. The van der Waals surface area contributed by atoms with Crippen LogP contribution in [0, 0.1) is 0 Å². The van der Waals surface area contributed by atoms with Crippen LogP contribution in [-0.2, 0) is 9.53 Å². The summed E-state index contributed by atoms with van der Waals surface area (Å²) >= 11 is 3.22. The minimum Gasteiger partial charge on any atom is -0.372 e. The van der Waals surface area contributed by atoms with E-state index in [9.17, 15) is 18.0 Å². The summed E-state index contributed by atoms with van der Waals surface area (Å²) in [6, 6.07) is 0.00937. The van der Waals surface area contributed by atoms with Gasteiger partial charge in [0.2, 0.25) is 5.91 Å². The van der Waals surface area contributed by atoms with Crippen molar-refractivity contribution in [3.8, 4) is 0 Å². The Hall–Kier alpha value is -0.300. The van der Waals surface area contributed by atoms with Gasteiger partial charge in [-0.1, -0.05) is 22.9 Å². The average molecular weight is 306 g/mol. The molecule has 0 aromatic carbocycles. The van der Waals surface area contributed by atoms with Gasteiger partial charge in [0.15, 0.2) is 0 Å². The second-order valence-electron chi connectivity index (χ2n) is 3.24. The van der Waals surface area contributed by atoms with Crippen LogP contribution in [0.15, 0.2) is 0 Å². The van der Waals surface area contributed by atoms with Gasteiger partial charge < -0.3 is 10.1 Å². The molecule has 0 aromatic rings. The molecule has 0 aliphatic rings. The van der Waals surface area contributed by atoms with E-state index in [0.29, 0.717) is 5.33 Å². The molecule has 0 bridgehead atoms. The van der Waals surface area contributed by atoms with Gasteiger partial charge in [0.1, 0.15) is 6.61 Å². The fourth-order valence-electron chi connectivity index (χ4n) is 0.902. The van der Waals surface area contributed by atoms with E-state index < -0.39 is 12.8 Å². The highest BCUT2D eigenvalue weighted by Crippen LogP contribution is 2.14. The van der Waals surface area contributed by atoms with E-state index in [-0.39, 0.29) is 25.0 Å². The van der Waals surface area contributed by atoms with Gasteiger partial charge in [-0.15, -0.1) is 0 Å². The average Bonchev–Trinajstić information content (AvgIpc) is 2.19. The number of carbonyl (C=O) groups excluding carboxylic acids is 1. The van der Waals surface area contributed by atoms with Crippen molar-refractivity contribution in [1.29, 1.82) is 0 Å². The second kappa shape index (κ2) is 7.89. The zero-order chi connectivity index (χ0) is 12.6. The fraction of sp³-hybridized carbons (Fsp3) is 0.889. The van der Waals surface area contributed by atoms with Gasteiger partial charge in [0.05, 0.1) is 6.61 Å². The van der Waals surface area contributed by atoms with Gasteiger partial charge in [0.25, 0.3) is 0 Å². The SMILES string of the molecule is CCC(CBr)NC(=O)CCOCC(F)(F)F. The predicted molar refractivity (Wildman–Crippen MR) is 57.5 cm³/mol. The number of hydrogen-bond acceptors (Lipinski definition) is 2. The van der Waals surface area contributed by atoms with E-state index >= 15 is 0 Å². The van der Waals surface area contributed by atoms with Gasteiger partial charge in [-0.3, -0.25) is 4.79 Å². The third-order valence-electron chi connectivity index (χ3n) is 1.78. The van der Waals surface area contributed by atoms with Crippen molar-refractivity contribution in [2.45, 2.75) is 32.0 Å². The third kappa shape index (κ3) is 8.96. The second-order valence-corrected chi connectivity index (χ2v) is 3.89. The van der Waals surface area contributed by atoms with Crippen molar-refractivity contribution in [3.63, 3.8) is 0 Å². The van der Waals surface area contributed by atoms with Gasteiger partial charge in [0, 0.05) is 17.8 Å². The topological polar surface area (TPSA) is 38.3 Å². The van der Waals surface area contributed by atoms with Crippen molar-refractivity contribution in [2.75, 3.05) is 18.5 Å². The largest absolute Gasteiger partial charge is 0.411 e. The number of amides is 1. The first-order chi connectivity index (χ1) is 7.39. The number of hydrogen-bond donors (Lipinski definition) is 1. The Bertz CT molecular complexity index is 207. The summed E-state index contributed by atoms with van der Waals surface area (Å²) in [6.45, 7) is 0.381. The quantitative estimate of drug-likeness (QED) is 0.579. The highest BCUT2D eigenvalue weighted by molar-refractivity contribution is 9.09. The standard InChI is InChI=1S/C9H15BrF3NO2/c1-2-7(5-10)14-8(15)3-4-16-6-9(11,12)13/h7H,2-6H2,1H3,(H,14,15). The highest BCUT2D eigenvalue weighted by atomic mass is 79.9. The monoisotopic (exact) mass is 305 g/mol. The molecule has 7 heteroatoms. The Morgan fingerprint density at radius 1 is 1.50 bits per heavy atom. The molecule has 0 spiro atoms. The predicted octanol–water partition coefficient (Wildman–Crippen LogP) is 2.25. The van der Waals surface area contributed by atoms with Gasteiger partial charge in [-0.25, -0.2) is 0 Å². The molecule has 0 aromatic heterocycles. The maximum Gasteiger partial charge on any atom is 0.411 e. The number of alkyl halides is 4. The molecule has 1 amide bonds. The summed E-state index contributed by atoms with van der Waals surface area (Å²) < 4.78 is 39.3. The molecule has 1 atom stereocenters. The lowest BCUT2D eigenvalue weighted by atomic mass is 10.2. The van der Waals surface area contributed by atoms with Crippen molar-refractivity contribution < 1.29 is 22.7 Å². The Morgan fingerprint density at radius 3 is 2.56 bits per heavy atom. The number of ether oxygens (including phenoxy) is 1. The number of nitrogens with one attached hydrogen (secondary N) is 1. The summed E-state index contributed by atoms with van der Waals surface area (Å²) in [5.41, 5.74) is 0. The molecule has 96 valence electrons. The molecule has 0 aliphatic heterocycles. The van der Waals surface area contributed by atoms with Crippen LogP contribution in [0.2, 0.25) is 0 Å². The summed E-state index contributed by atoms with van der Waals surface area (Å²) in [5.74, 6) is -0.298. The van der Waals surface area contributed by atoms with E-state index in [2.05, 4.69) is 26.0 Å². The van der Waals surface area contributed by atoms with Gasteiger partial charge in [-0.05, 0) is 6.42 Å². The van der Waals surface area contributed by atoms with Crippen molar-refractivity contribution in [2.24, 2.45) is 0 Å². The molecular weight excluding hydrogens is 291 g/mol. The van der Waals surface area contributed by atoms with Gasteiger partial charge in [-0.2, -0.15) is 13.2 Å². The molecular formula is C9H15BrF3NO2. The number of halogens is 4. The molecule has 16 heavy (non-hydrogen) atoms. The third-order valence-corrected chi connectivity index (χ3v) is 2.56. The molecule has 1 N–H and O–H groups in total. The van der Waals surface area contributed by atoms with Crippen LogP contribution in [0.5, 0.6) is 0 Å². The van der Waals surface area contributed by atoms with Crippen molar-refractivity contribution in [1.82, 2.24) is 5.32 Å². The van der Waals surface area contributed by atoms with Crippen LogP contribution in [-0.4, -0.2) is 36.7 Å². The van der Waals surface area contributed by atoms with Crippen LogP contribution < -0.4 is 5.32 Å². The smallest absolute Gasteiger partial charge is 0.372 e. The fourth-order valence-corrected chi connectivity index (χ4v) is 1.52. The Morgan fingerprint density at radius 2 is 2.12 bits per heavy atom. The molecule has 1 unspecified atom stereocenters. The lowest BCUT2D eigenvalue weighted by molar-refractivity contribution is -0.174. The maximum absolute atomic E-state index is 11.7. The van der Waals surface area contributed by atoms with E-state index in [0.717, 1.165) is 6.42 Å². The zero-order valence-corrected chi connectivity index (χ0v) is 10.5. The van der Waals surface area contributed by atoms with Crippen LogP contribution in [0.4, 0.5) is 13.2 Å². The molecule has 0 fully saturated rings. The summed E-state index contributed by atoms with van der Waals surface area (Å²) in [5, 5.41) is 3.29. The summed E-state index contributed by atoms with van der Waals surface area (Å²) in [6.07, 6.45) is -3.63. The van der Waals surface area contributed by atoms with E-state index in [1.807, 2.05) is 6.92 Å². The van der Waals surface area contributed by atoms with Crippen LogP contribution in [0.1, 0.15) is 19.8 Å². The Kier molecular flexibility index (Phi) is 7.74. The number of carbonyl (C=O) groups is 1. The molecule has 0 aliphatic carbocycles. The molecule has 3 nitrogen and oxygen atoms in total. The Balaban J connectivity index is 3.58. The molecule has 0 radical (unpaired) electrons. The molecule has 0 saturated heterocycles. The van der Waals surface area contributed by atoms with E-state index in [1.165, 1.54) is 0 Å². The molecule has 0 saturated carbocycles. The zero-order valence-electron chi connectivity index (χ0n) is 8.94. The van der Waals surface area contributed by atoms with E-state index in [4.69, 9.17) is 0 Å². The lowest BCUT2D eigenvalue weighted by Crippen LogP contribution is -2.36. The lowest BCUT2D eigenvalue weighted by Gasteiger charge is -2.14. The first-order valence-corrected chi connectivity index (χ1v) is 6.01. The van der Waals surface area contributed by atoms with Crippen LogP contribution in [0.25, 0.3) is 0 Å². The van der Waals surface area contributed by atoms with Crippen LogP contribution >= 0.6 is 15.9 Å². The number of rotatable bonds is 7. The summed E-state index contributed by atoms with van der Waals surface area (Å²) in [4.78, 5) is 11.2. The first kappa shape index (κ1) is 15.7. The van der Waals surface area contributed by atoms with E-state index in [1.54, 1.807) is 0 Å². The maximum atomic E-state index is 11.7. The van der Waals surface area contributed by atoms with Crippen molar-refractivity contribution in [3.05, 3.63) is 0 Å². The van der Waals surface area contributed by atoms with Crippen molar-refractivity contribution >= 4 is 21.8 Å². The highest BCUT2D eigenvalue weighted by Gasteiger charge is 2.27. The molecule has 0 rings (SSSR count). The minimum absolute atomic E-state index is 0.00937. The first-order valence-electron chi connectivity index (χ1n) is 4.89.